The lowest BCUT2D eigenvalue weighted by molar-refractivity contribution is -0.139. The molecule has 0 radical (unpaired) electrons. The highest BCUT2D eigenvalue weighted by Gasteiger charge is 2.15. The van der Waals surface area contributed by atoms with Crippen molar-refractivity contribution in [2.24, 2.45) is 10.2 Å². The number of rotatable bonds is 30. The first-order chi connectivity index (χ1) is 36.6. The molecule has 0 atom stereocenters. The average Bonchev–Trinajstić information content (AvgIpc) is 3.42. The quantitative estimate of drug-likeness (QED) is 0.0138. The second-order valence-electron chi connectivity index (χ2n) is 16.8. The van der Waals surface area contributed by atoms with E-state index in [1.54, 1.807) is 56.3 Å². The number of unbranched alkanes of at least 4 members (excludes halogenated alkanes) is 6. The van der Waals surface area contributed by atoms with E-state index in [1.807, 2.05) is 48.5 Å². The topological polar surface area (TPSA) is 201 Å². The zero-order valence-corrected chi connectivity index (χ0v) is 43.1. The van der Waals surface area contributed by atoms with Gasteiger partial charge in [0, 0.05) is 35.8 Å². The Bertz CT molecular complexity index is 2760. The van der Waals surface area contributed by atoms with Crippen LogP contribution in [0.25, 0.3) is 10.8 Å². The Labute approximate surface area is 443 Å². The number of carbonyl (C=O) groups is 6. The second-order valence-corrected chi connectivity index (χ2v) is 16.8. The highest BCUT2D eigenvalue weighted by molar-refractivity contribution is 5.89. The molecule has 0 fully saturated rings. The van der Waals surface area contributed by atoms with E-state index in [0.717, 1.165) is 103 Å². The number of esters is 6. The maximum Gasteiger partial charge on any atom is 0.335 e. The van der Waals surface area contributed by atoms with Crippen LogP contribution in [-0.2, 0) is 44.7 Å². The molecule has 0 aromatic heterocycles. The van der Waals surface area contributed by atoms with Gasteiger partial charge < -0.3 is 37.9 Å². The van der Waals surface area contributed by atoms with Crippen molar-refractivity contribution in [3.63, 3.8) is 0 Å². The Hall–Kier alpha value is -8.92. The number of azo groups is 1. The van der Waals surface area contributed by atoms with Gasteiger partial charge in [-0.2, -0.15) is 10.2 Å². The molecule has 0 aliphatic heterocycles. The first kappa shape index (κ1) is 59.6. The summed E-state index contributed by atoms with van der Waals surface area (Å²) in [5, 5.41) is 10.2. The number of fused-ring (bicyclic) bond motifs is 1. The number of carbonyl (C=O) groups excluding carboxylic acids is 6. The molecule has 0 aliphatic rings. The molecule has 0 saturated heterocycles. The van der Waals surface area contributed by atoms with Crippen molar-refractivity contribution in [2.75, 3.05) is 26.4 Å². The fourth-order valence-electron chi connectivity index (χ4n) is 6.49. The van der Waals surface area contributed by atoms with Gasteiger partial charge in [0.25, 0.3) is 0 Å². The van der Waals surface area contributed by atoms with E-state index >= 15 is 0 Å². The molecule has 5 rings (SSSR count). The van der Waals surface area contributed by atoms with Crippen LogP contribution in [0.1, 0.15) is 77.2 Å². The van der Waals surface area contributed by atoms with Gasteiger partial charge in [0.1, 0.15) is 23.0 Å². The van der Waals surface area contributed by atoms with Gasteiger partial charge in [0.2, 0.25) is 0 Å². The van der Waals surface area contributed by atoms with Gasteiger partial charge in [-0.15, -0.1) is 0 Å². The molecule has 0 saturated carbocycles. The van der Waals surface area contributed by atoms with Crippen molar-refractivity contribution in [1.29, 1.82) is 0 Å². The van der Waals surface area contributed by atoms with Crippen LogP contribution in [0.4, 0.5) is 11.4 Å². The van der Waals surface area contributed by atoms with Crippen molar-refractivity contribution < 1.29 is 66.7 Å². The highest BCUT2D eigenvalue weighted by Crippen LogP contribution is 2.31. The monoisotopic (exact) mass is 1040 g/mol. The summed E-state index contributed by atoms with van der Waals surface area (Å²) >= 11 is 0. The molecule has 0 bridgehead atoms. The molecule has 16 heteroatoms. The van der Waals surface area contributed by atoms with Crippen molar-refractivity contribution in [3.8, 4) is 34.5 Å². The van der Waals surface area contributed by atoms with E-state index in [9.17, 15) is 28.8 Å². The molecular weight excluding hydrogens is 973 g/mol. The normalized spacial score (nSPS) is 10.4. The SMILES string of the molecule is C=C(C)C(=O)OCCCCCCOc1ccc(N=Nc2ccc(OCCCCCCOC(=O)C(=C)C)cc2)cc1.C=CC(=O)Oc1ccc2cc(OC(=O)CCc3ccc(OC(=O)C=C)c(OC(=O)C=C)c3)ccc2c1. The lowest BCUT2D eigenvalue weighted by Crippen LogP contribution is -2.10. The fraction of sp³-hybridized carbons (Fsp3) is 0.267. The summed E-state index contributed by atoms with van der Waals surface area (Å²) in [6.07, 6.45) is 10.9. The third kappa shape index (κ3) is 22.9. The molecule has 76 heavy (non-hydrogen) atoms. The van der Waals surface area contributed by atoms with E-state index in [4.69, 9.17) is 37.9 Å². The zero-order valence-electron chi connectivity index (χ0n) is 43.1. The standard InChI is InChI=1S/C32H42N2O6.C28H22O8/c1-25(2)31(35)39-23-11-7-5-9-21-37-29-17-13-27(14-18-29)33-34-28-15-19-30(20-16-28)38-22-10-6-8-12-24-40-32(36)26(3)4;1-4-25(29)33-21-11-9-20-17-22(12-10-19(20)16-21)34-28(32)14-8-18-7-13-23(35-26(30)5-2)24(15-18)36-27(31)6-3/h13-20H,1,3,5-12,21-24H2,2,4H3;4-7,9-13,15-17H,1-3,8,14H2. The van der Waals surface area contributed by atoms with Gasteiger partial charge >= 0.3 is 35.8 Å². The fourth-order valence-corrected chi connectivity index (χ4v) is 6.49. The summed E-state index contributed by atoms with van der Waals surface area (Å²) in [7, 11) is 0. The highest BCUT2D eigenvalue weighted by atomic mass is 16.6. The van der Waals surface area contributed by atoms with E-state index < -0.39 is 23.9 Å². The number of aryl methyl sites for hydroxylation is 1. The summed E-state index contributed by atoms with van der Waals surface area (Å²) in [4.78, 5) is 69.6. The predicted molar refractivity (Wildman–Crippen MR) is 288 cm³/mol. The third-order valence-electron chi connectivity index (χ3n) is 10.5. The van der Waals surface area contributed by atoms with Crippen molar-refractivity contribution >= 4 is 58.0 Å². The molecule has 5 aromatic rings. The van der Waals surface area contributed by atoms with E-state index in [-0.39, 0.29) is 36.3 Å². The average molecular weight is 1040 g/mol. The molecule has 0 aliphatic carbocycles. The molecule has 0 heterocycles. The molecule has 398 valence electrons. The van der Waals surface area contributed by atoms with Crippen molar-refractivity contribution in [1.82, 2.24) is 0 Å². The smallest absolute Gasteiger partial charge is 0.335 e. The van der Waals surface area contributed by atoms with Gasteiger partial charge in [0.15, 0.2) is 11.5 Å². The summed E-state index contributed by atoms with van der Waals surface area (Å²) in [6, 6.07) is 29.7. The van der Waals surface area contributed by atoms with Crippen LogP contribution in [0, 0.1) is 0 Å². The lowest BCUT2D eigenvalue weighted by Gasteiger charge is -2.11. The summed E-state index contributed by atoms with van der Waals surface area (Å²) in [5.41, 5.74) is 2.99. The third-order valence-corrected chi connectivity index (χ3v) is 10.5. The minimum absolute atomic E-state index is 0.00800. The number of benzene rings is 5. The molecule has 0 N–H and O–H groups in total. The Kier molecular flexibility index (Phi) is 25.9. The molecule has 0 amide bonds. The summed E-state index contributed by atoms with van der Waals surface area (Å²) < 4.78 is 42.5. The second kappa shape index (κ2) is 33.0. The van der Waals surface area contributed by atoms with Crippen LogP contribution in [0.2, 0.25) is 0 Å². The van der Waals surface area contributed by atoms with Gasteiger partial charge in [-0.1, -0.05) is 51.1 Å². The van der Waals surface area contributed by atoms with E-state index in [2.05, 4.69) is 43.1 Å². The van der Waals surface area contributed by atoms with Gasteiger partial charge in [-0.25, -0.2) is 24.0 Å². The van der Waals surface area contributed by atoms with Crippen LogP contribution in [0.5, 0.6) is 34.5 Å². The molecule has 5 aromatic carbocycles. The molecule has 0 spiro atoms. The number of hydrogen-bond donors (Lipinski definition) is 0. The van der Waals surface area contributed by atoms with E-state index in [0.29, 0.717) is 54.6 Å². The van der Waals surface area contributed by atoms with Gasteiger partial charge in [-0.05, 0) is 173 Å². The molecule has 0 unspecified atom stereocenters. The lowest BCUT2D eigenvalue weighted by atomic mass is 10.1. The Morgan fingerprint density at radius 2 is 0.855 bits per heavy atom. The summed E-state index contributed by atoms with van der Waals surface area (Å²) in [5.74, 6) is -0.778. The number of nitrogens with zero attached hydrogens (tertiary/aromatic N) is 2. The van der Waals surface area contributed by atoms with E-state index in [1.165, 1.54) is 12.1 Å². The van der Waals surface area contributed by atoms with Crippen LogP contribution >= 0.6 is 0 Å². The largest absolute Gasteiger partial charge is 0.494 e. The van der Waals surface area contributed by atoms with Gasteiger partial charge in [-0.3, -0.25) is 4.79 Å². The van der Waals surface area contributed by atoms with Crippen molar-refractivity contribution in [3.05, 3.63) is 171 Å². The Morgan fingerprint density at radius 1 is 0.447 bits per heavy atom. The number of ether oxygens (including phenoxy) is 8. The molecule has 16 nitrogen and oxygen atoms in total. The van der Waals surface area contributed by atoms with Crippen LogP contribution in [0.15, 0.2) is 176 Å². The maximum absolute atomic E-state index is 12.4. The first-order valence-electron chi connectivity index (χ1n) is 24.6. The van der Waals surface area contributed by atoms with Crippen LogP contribution in [-0.4, -0.2) is 62.2 Å². The van der Waals surface area contributed by atoms with Crippen molar-refractivity contribution in [2.45, 2.75) is 78.1 Å². The Balaban J connectivity index is 0.000000330. The maximum atomic E-state index is 12.4. The summed E-state index contributed by atoms with van der Waals surface area (Å²) in [6.45, 7) is 22.6. The minimum atomic E-state index is -0.732. The van der Waals surface area contributed by atoms with Crippen LogP contribution < -0.4 is 28.4 Å². The minimum Gasteiger partial charge on any atom is -0.494 e. The number of hydrogen-bond acceptors (Lipinski definition) is 16. The zero-order chi connectivity index (χ0) is 55.1. The molecular formula is C60H64N2O14. The first-order valence-corrected chi connectivity index (χ1v) is 24.6. The van der Waals surface area contributed by atoms with Gasteiger partial charge in [0.05, 0.1) is 37.8 Å². The predicted octanol–water partition coefficient (Wildman–Crippen LogP) is 12.9. The Morgan fingerprint density at radius 3 is 1.30 bits per heavy atom. The van der Waals surface area contributed by atoms with Crippen LogP contribution in [0.3, 0.4) is 0 Å².